The molecule has 47 heavy (non-hydrogen) atoms. The minimum atomic E-state index is -1.38. The highest BCUT2D eigenvalue weighted by Gasteiger charge is 2.34. The van der Waals surface area contributed by atoms with Crippen molar-refractivity contribution in [2.45, 2.75) is 77.7 Å². The molecule has 1 unspecified atom stereocenters. The van der Waals surface area contributed by atoms with E-state index >= 15 is 0 Å². The predicted molar refractivity (Wildman–Crippen MR) is 178 cm³/mol. The Morgan fingerprint density at radius 2 is 1.91 bits per heavy atom. The van der Waals surface area contributed by atoms with Gasteiger partial charge in [0.1, 0.15) is 23.8 Å². The third kappa shape index (κ3) is 10.2. The van der Waals surface area contributed by atoms with Crippen LogP contribution in [0.25, 0.3) is 11.3 Å². The minimum absolute atomic E-state index is 0.0489. The van der Waals surface area contributed by atoms with Crippen molar-refractivity contribution in [3.63, 3.8) is 0 Å². The molecule has 0 radical (unpaired) electrons. The van der Waals surface area contributed by atoms with Crippen LogP contribution in [0.3, 0.4) is 0 Å². The minimum Gasteiger partial charge on any atom is -0.464 e. The number of anilines is 1. The molecule has 254 valence electrons. The van der Waals surface area contributed by atoms with Gasteiger partial charge in [0.05, 0.1) is 18.5 Å². The zero-order chi connectivity index (χ0) is 34.4. The summed E-state index contributed by atoms with van der Waals surface area (Å²) in [6.45, 7) is 13.4. The molecular weight excluding hydrogens is 623 g/mol. The number of alkyl carbamates (subject to hydrolysis) is 1. The first-order valence-corrected chi connectivity index (χ1v) is 19.4. The molecule has 1 atom stereocenters. The van der Waals surface area contributed by atoms with Gasteiger partial charge in [-0.3, -0.25) is 4.79 Å². The summed E-state index contributed by atoms with van der Waals surface area (Å²) in [6, 6.07) is 9.61. The van der Waals surface area contributed by atoms with Crippen molar-refractivity contribution in [3.05, 3.63) is 66.1 Å². The number of carbonyl (C=O) groups is 3. The van der Waals surface area contributed by atoms with Gasteiger partial charge >= 0.3 is 18.0 Å². The first-order chi connectivity index (χ1) is 22.1. The average Bonchev–Trinajstić information content (AvgIpc) is 3.42. The highest BCUT2D eigenvalue weighted by atomic mass is 28.3. The van der Waals surface area contributed by atoms with E-state index in [0.29, 0.717) is 42.9 Å². The maximum atomic E-state index is 14.6. The van der Waals surface area contributed by atoms with E-state index in [4.69, 9.17) is 19.2 Å². The number of piperidine rings is 1. The molecule has 3 aromatic rings. The molecule has 4 rings (SSSR count). The standard InChI is InChI=1S/C33H45FN6O6Si/c1-33(2,3)46-32(43)36-25-11-9-15-39(20-25)40(26-12-8-10-24(34)19-26)30(41)29-37-28(21-38(29)22-45-16-17-47(5,6)7)23-13-14-35-27(18-23)31(42)44-4/h8,10,12-14,18-19,21,25H,9,11,15-17,20,22H2,1-7H3,(H,36,43). The van der Waals surface area contributed by atoms with Crippen LogP contribution in [0.15, 0.2) is 48.8 Å². The van der Waals surface area contributed by atoms with Gasteiger partial charge in [0.2, 0.25) is 5.82 Å². The molecule has 14 heteroatoms. The molecule has 2 amide bonds. The second kappa shape index (κ2) is 15.2. The summed E-state index contributed by atoms with van der Waals surface area (Å²) in [5.41, 5.74) is 0.696. The normalized spacial score (nSPS) is 15.6. The SMILES string of the molecule is COC(=O)c1cc(-c2cn(COCC[Si](C)(C)C)c(C(=O)N(c3cccc(F)c3)N3CCCC(NC(=O)OC(C)(C)C)C3)n2)ccn1. The van der Waals surface area contributed by atoms with Gasteiger partial charge in [-0.25, -0.2) is 34.0 Å². The molecule has 0 aliphatic carbocycles. The molecule has 1 saturated heterocycles. The van der Waals surface area contributed by atoms with E-state index in [2.05, 4.69) is 29.9 Å². The van der Waals surface area contributed by atoms with Gasteiger partial charge < -0.3 is 24.1 Å². The largest absolute Gasteiger partial charge is 0.464 e. The molecule has 0 saturated carbocycles. The average molecular weight is 669 g/mol. The van der Waals surface area contributed by atoms with Crippen molar-refractivity contribution in [3.8, 4) is 11.3 Å². The Kier molecular flexibility index (Phi) is 11.5. The van der Waals surface area contributed by atoms with E-state index in [-0.39, 0.29) is 30.8 Å². The Balaban J connectivity index is 1.71. The van der Waals surface area contributed by atoms with Crippen molar-refractivity contribution in [1.82, 2.24) is 24.9 Å². The van der Waals surface area contributed by atoms with Gasteiger partial charge in [-0.05, 0) is 70.0 Å². The van der Waals surface area contributed by atoms with Crippen LogP contribution in [0.2, 0.25) is 25.7 Å². The maximum Gasteiger partial charge on any atom is 0.407 e. The maximum absolute atomic E-state index is 14.6. The number of imidazole rings is 1. The number of rotatable bonds is 11. The van der Waals surface area contributed by atoms with Crippen LogP contribution < -0.4 is 10.3 Å². The smallest absolute Gasteiger partial charge is 0.407 e. The quantitative estimate of drug-likeness (QED) is 0.155. The van der Waals surface area contributed by atoms with E-state index in [1.54, 1.807) is 54.7 Å². The number of ether oxygens (including phenoxy) is 3. The number of aromatic nitrogens is 3. The van der Waals surface area contributed by atoms with Crippen molar-refractivity contribution in [2.75, 3.05) is 31.8 Å². The van der Waals surface area contributed by atoms with Gasteiger partial charge in [-0.1, -0.05) is 25.7 Å². The summed E-state index contributed by atoms with van der Waals surface area (Å²) >= 11 is 0. The summed E-state index contributed by atoms with van der Waals surface area (Å²) in [6.07, 6.45) is 3.94. The van der Waals surface area contributed by atoms with E-state index in [1.165, 1.54) is 36.5 Å². The number of carbonyl (C=O) groups excluding carboxylic acids is 3. The fraction of sp³-hybridized carbons (Fsp3) is 0.485. The molecule has 12 nitrogen and oxygen atoms in total. The number of hydrazine groups is 1. The lowest BCUT2D eigenvalue weighted by molar-refractivity contribution is 0.0464. The summed E-state index contributed by atoms with van der Waals surface area (Å²) in [4.78, 5) is 48.2. The van der Waals surface area contributed by atoms with E-state index in [0.717, 1.165) is 6.04 Å². The zero-order valence-electron chi connectivity index (χ0n) is 28.2. The van der Waals surface area contributed by atoms with Crippen LogP contribution in [0, 0.1) is 5.82 Å². The molecule has 1 aliphatic heterocycles. The second-order valence-corrected chi connectivity index (χ2v) is 19.3. The molecule has 0 spiro atoms. The number of pyridine rings is 1. The number of hydrogen-bond donors (Lipinski definition) is 1. The molecule has 0 bridgehead atoms. The second-order valence-electron chi connectivity index (χ2n) is 13.7. The zero-order valence-corrected chi connectivity index (χ0v) is 29.2. The van der Waals surface area contributed by atoms with Gasteiger partial charge in [-0.15, -0.1) is 0 Å². The van der Waals surface area contributed by atoms with Crippen LogP contribution in [0.1, 0.15) is 54.7 Å². The molecule has 1 aliphatic rings. The number of nitrogens with one attached hydrogen (secondary N) is 1. The lowest BCUT2D eigenvalue weighted by atomic mass is 10.1. The van der Waals surface area contributed by atoms with Crippen LogP contribution in [0.4, 0.5) is 14.9 Å². The van der Waals surface area contributed by atoms with E-state index in [1.807, 2.05) is 0 Å². The van der Waals surface area contributed by atoms with Gasteiger partial charge in [0, 0.05) is 51.8 Å². The van der Waals surface area contributed by atoms with Crippen LogP contribution in [0.5, 0.6) is 0 Å². The molecule has 1 fully saturated rings. The monoisotopic (exact) mass is 668 g/mol. The lowest BCUT2D eigenvalue weighted by Gasteiger charge is -2.40. The third-order valence-corrected chi connectivity index (χ3v) is 9.00. The Bertz CT molecular complexity index is 1570. The van der Waals surface area contributed by atoms with E-state index in [9.17, 15) is 18.8 Å². The lowest BCUT2D eigenvalue weighted by Crippen LogP contribution is -2.56. The summed E-state index contributed by atoms with van der Waals surface area (Å²) in [5.74, 6) is -1.58. The Hall–Kier alpha value is -4.14. The van der Waals surface area contributed by atoms with Crippen molar-refractivity contribution < 1.29 is 33.0 Å². The van der Waals surface area contributed by atoms with Gasteiger partial charge in [-0.2, -0.15) is 0 Å². The first kappa shape index (κ1) is 35.7. The topological polar surface area (TPSA) is 128 Å². The number of hydrogen-bond acceptors (Lipinski definition) is 9. The van der Waals surface area contributed by atoms with Crippen LogP contribution >= 0.6 is 0 Å². The van der Waals surface area contributed by atoms with Gasteiger partial charge in [0.15, 0.2) is 0 Å². The third-order valence-electron chi connectivity index (χ3n) is 7.29. The fourth-order valence-corrected chi connectivity index (χ4v) is 5.77. The van der Waals surface area contributed by atoms with Crippen molar-refractivity contribution >= 4 is 31.7 Å². The number of esters is 1. The summed E-state index contributed by atoms with van der Waals surface area (Å²) < 4.78 is 32.5. The van der Waals surface area contributed by atoms with Crippen molar-refractivity contribution in [1.29, 1.82) is 0 Å². The number of amides is 2. The number of halogens is 1. The summed E-state index contributed by atoms with van der Waals surface area (Å²) in [7, 11) is -0.105. The molecule has 2 aromatic heterocycles. The number of methoxy groups -OCH3 is 1. The Labute approximate surface area is 276 Å². The van der Waals surface area contributed by atoms with Gasteiger partial charge in [0.25, 0.3) is 0 Å². The first-order valence-electron chi connectivity index (χ1n) is 15.7. The number of nitrogens with zero attached hydrogens (tertiary/aromatic N) is 5. The Morgan fingerprint density at radius 3 is 2.60 bits per heavy atom. The highest BCUT2D eigenvalue weighted by Crippen LogP contribution is 2.26. The summed E-state index contributed by atoms with van der Waals surface area (Å²) in [5, 5.41) is 6.10. The number of benzene rings is 1. The van der Waals surface area contributed by atoms with Crippen LogP contribution in [-0.4, -0.2) is 84.0 Å². The van der Waals surface area contributed by atoms with Crippen LogP contribution in [-0.2, 0) is 20.9 Å². The van der Waals surface area contributed by atoms with E-state index < -0.39 is 37.5 Å². The van der Waals surface area contributed by atoms with Crippen molar-refractivity contribution in [2.24, 2.45) is 0 Å². The molecule has 1 aromatic carbocycles. The molecule has 1 N–H and O–H groups in total. The Morgan fingerprint density at radius 1 is 1.15 bits per heavy atom. The molecule has 3 heterocycles. The fourth-order valence-electron chi connectivity index (χ4n) is 5.01. The highest BCUT2D eigenvalue weighted by molar-refractivity contribution is 6.76. The predicted octanol–water partition coefficient (Wildman–Crippen LogP) is 5.73. The molecular formula is C33H45FN6O6Si.